The van der Waals surface area contributed by atoms with Crippen molar-refractivity contribution >= 4 is 59.2 Å². The van der Waals surface area contributed by atoms with Gasteiger partial charge in [0.1, 0.15) is 36.3 Å². The molecule has 0 spiro atoms. The van der Waals surface area contributed by atoms with Gasteiger partial charge in [-0.15, -0.1) is 0 Å². The predicted molar refractivity (Wildman–Crippen MR) is 198 cm³/mol. The first kappa shape index (κ1) is 47.7. The maximum atomic E-state index is 13.5. The number of aliphatic hydroxyl groups is 1. The highest BCUT2D eigenvalue weighted by atomic mass is 16.4. The number of aliphatic hydroxyl groups excluding tert-OH is 1. The van der Waals surface area contributed by atoms with Gasteiger partial charge in [0.15, 0.2) is 5.96 Å². The van der Waals surface area contributed by atoms with Gasteiger partial charge >= 0.3 is 11.9 Å². The highest BCUT2D eigenvalue weighted by Crippen LogP contribution is 2.08. The number of hydrogen-bond acceptors (Lipinski definition) is 11. The van der Waals surface area contributed by atoms with Crippen LogP contribution >= 0.6 is 0 Å². The number of guanidine groups is 1. The van der Waals surface area contributed by atoms with Crippen molar-refractivity contribution in [1.82, 2.24) is 31.9 Å². The Morgan fingerprint density at radius 1 is 0.661 bits per heavy atom. The average Bonchev–Trinajstić information content (AvgIpc) is 3.10. The number of amides is 7. The number of carboxylic acid groups (broad SMARTS) is 2. The molecule has 0 radical (unpaired) electrons. The first-order valence-electron chi connectivity index (χ1n) is 17.5. The Morgan fingerprint density at radius 2 is 1.18 bits per heavy atom. The molecule has 22 nitrogen and oxygen atoms in total. The number of nitrogens with zero attached hydrogens (tertiary/aromatic N) is 1. The number of nitrogens with one attached hydrogen (secondary N) is 6. The number of hydrogen-bond donors (Lipinski definition) is 12. The maximum absolute atomic E-state index is 13.5. The SMILES string of the molecule is CC(=O)N[C@@H](CCC(=O)O)C(=O)N[C@@H](C)C(=O)N[C@@H](CCC(N)=O)C(=O)N[C@H](C(=O)N[C@@H](CCCN=C(N)N)C(=O)N[C@@H](Cc1ccccc1)C(=O)O)[C@@H](C)O. The lowest BCUT2D eigenvalue weighted by molar-refractivity contribution is -0.142. The minimum absolute atomic E-state index is 0.0290. The van der Waals surface area contributed by atoms with Crippen molar-refractivity contribution in [3.63, 3.8) is 0 Å². The molecular formula is C34H52N10O12. The molecule has 0 aliphatic heterocycles. The second-order valence-corrected chi connectivity index (χ2v) is 12.8. The number of benzene rings is 1. The zero-order valence-electron chi connectivity index (χ0n) is 31.3. The zero-order chi connectivity index (χ0) is 42.5. The summed E-state index contributed by atoms with van der Waals surface area (Å²) in [5, 5.41) is 43.3. The Balaban J connectivity index is 3.22. The Labute approximate surface area is 322 Å². The van der Waals surface area contributed by atoms with Crippen LogP contribution in [0.15, 0.2) is 35.3 Å². The molecule has 56 heavy (non-hydrogen) atoms. The summed E-state index contributed by atoms with van der Waals surface area (Å²) in [6, 6.07) is -0.424. The number of carbonyl (C=O) groups excluding carboxylic acids is 7. The topological polar surface area (TPSA) is 377 Å². The van der Waals surface area contributed by atoms with E-state index in [2.05, 4.69) is 36.9 Å². The Hall–Kier alpha value is -6.32. The van der Waals surface area contributed by atoms with Crippen LogP contribution < -0.4 is 49.1 Å². The molecule has 0 saturated carbocycles. The van der Waals surface area contributed by atoms with E-state index in [4.69, 9.17) is 22.3 Å². The predicted octanol–water partition coefficient (Wildman–Crippen LogP) is -4.17. The van der Waals surface area contributed by atoms with Crippen LogP contribution in [0.5, 0.6) is 0 Å². The molecule has 0 fully saturated rings. The minimum atomic E-state index is -1.77. The van der Waals surface area contributed by atoms with Gasteiger partial charge < -0.3 is 64.4 Å². The van der Waals surface area contributed by atoms with Crippen LogP contribution in [0.4, 0.5) is 0 Å². The van der Waals surface area contributed by atoms with Crippen molar-refractivity contribution in [3.8, 4) is 0 Å². The molecule has 0 heterocycles. The molecule has 15 N–H and O–H groups in total. The van der Waals surface area contributed by atoms with Crippen molar-refractivity contribution < 1.29 is 58.5 Å². The Kier molecular flexibility index (Phi) is 20.6. The molecule has 310 valence electrons. The minimum Gasteiger partial charge on any atom is -0.481 e. The van der Waals surface area contributed by atoms with Gasteiger partial charge in [-0.05, 0) is 45.1 Å². The fourth-order valence-electron chi connectivity index (χ4n) is 5.03. The molecule has 1 aromatic rings. The van der Waals surface area contributed by atoms with E-state index in [0.717, 1.165) is 13.8 Å². The zero-order valence-corrected chi connectivity index (χ0v) is 31.3. The fraction of sp³-hybridized carbons (Fsp3) is 0.529. The van der Waals surface area contributed by atoms with E-state index in [1.54, 1.807) is 30.3 Å². The van der Waals surface area contributed by atoms with Crippen molar-refractivity contribution in [2.24, 2.45) is 22.2 Å². The van der Waals surface area contributed by atoms with Gasteiger partial charge in [0.05, 0.1) is 6.10 Å². The molecule has 0 aliphatic carbocycles. The number of nitrogens with two attached hydrogens (primary N) is 3. The quantitative estimate of drug-likeness (QED) is 0.0254. The monoisotopic (exact) mass is 792 g/mol. The highest BCUT2D eigenvalue weighted by Gasteiger charge is 2.34. The third-order valence-corrected chi connectivity index (χ3v) is 7.94. The van der Waals surface area contributed by atoms with Gasteiger partial charge in [-0.25, -0.2) is 4.79 Å². The summed E-state index contributed by atoms with van der Waals surface area (Å²) in [5.74, 6) is -9.28. The number of rotatable bonds is 25. The summed E-state index contributed by atoms with van der Waals surface area (Å²) in [5.41, 5.74) is 16.6. The second kappa shape index (κ2) is 24.2. The first-order chi connectivity index (χ1) is 26.2. The van der Waals surface area contributed by atoms with E-state index < -0.39 is 115 Å². The van der Waals surface area contributed by atoms with Gasteiger partial charge in [0.2, 0.25) is 41.4 Å². The van der Waals surface area contributed by atoms with Gasteiger partial charge in [-0.1, -0.05) is 30.3 Å². The third kappa shape index (κ3) is 18.6. The van der Waals surface area contributed by atoms with Crippen LogP contribution in [-0.4, -0.2) is 123 Å². The van der Waals surface area contributed by atoms with Gasteiger partial charge in [-0.3, -0.25) is 43.3 Å². The summed E-state index contributed by atoms with van der Waals surface area (Å²) in [7, 11) is 0. The van der Waals surface area contributed by atoms with E-state index >= 15 is 0 Å². The molecule has 22 heteroatoms. The molecule has 0 aliphatic rings. The Bertz CT molecular complexity index is 1590. The molecule has 0 aromatic heterocycles. The fourth-order valence-corrected chi connectivity index (χ4v) is 5.03. The van der Waals surface area contributed by atoms with Crippen LogP contribution in [0.1, 0.15) is 64.9 Å². The standard InChI is InChI=1S/C34H52N10O12/c1-17(39-29(51)22(40-19(3)46)12-14-26(48)49)28(50)41-23(11-13-25(35)47)31(53)44-27(18(2)45)32(54)42-21(10-7-15-38-34(36)37)30(52)43-24(33(55)56)16-20-8-5-4-6-9-20/h4-6,8-9,17-18,21-24,27,45H,7,10-16H2,1-3H3,(H2,35,47)(H,39,51)(H,40,46)(H,41,50)(H,42,54)(H,43,52)(H,44,53)(H,48,49)(H,55,56)(H4,36,37,38)/t17-,18+,21-,22-,23-,24-,27-/m0/s1. The summed E-state index contributed by atoms with van der Waals surface area (Å²) >= 11 is 0. The number of carbonyl (C=O) groups is 9. The smallest absolute Gasteiger partial charge is 0.326 e. The molecular weight excluding hydrogens is 740 g/mol. The lowest BCUT2D eigenvalue weighted by Crippen LogP contribution is -2.61. The van der Waals surface area contributed by atoms with Crippen molar-refractivity contribution in [3.05, 3.63) is 35.9 Å². The molecule has 7 atom stereocenters. The molecule has 0 bridgehead atoms. The molecule has 7 amide bonds. The summed E-state index contributed by atoms with van der Waals surface area (Å²) in [6.07, 6.45) is -3.31. The van der Waals surface area contributed by atoms with Crippen molar-refractivity contribution in [2.45, 2.75) is 108 Å². The van der Waals surface area contributed by atoms with E-state index in [1.165, 1.54) is 6.92 Å². The lowest BCUT2D eigenvalue weighted by atomic mass is 10.0. The number of aliphatic imine (C=N–C) groups is 1. The number of aliphatic carboxylic acids is 2. The average molecular weight is 793 g/mol. The van der Waals surface area contributed by atoms with Crippen molar-refractivity contribution in [1.29, 1.82) is 0 Å². The lowest BCUT2D eigenvalue weighted by Gasteiger charge is -2.28. The number of carboxylic acids is 2. The molecule has 0 unspecified atom stereocenters. The molecule has 1 rings (SSSR count). The van der Waals surface area contributed by atoms with Gasteiger partial charge in [0, 0.05) is 32.7 Å². The first-order valence-corrected chi connectivity index (χ1v) is 17.5. The highest BCUT2D eigenvalue weighted by molar-refractivity contribution is 5.97. The molecule has 0 saturated heterocycles. The van der Waals surface area contributed by atoms with Crippen LogP contribution in [0.3, 0.4) is 0 Å². The number of primary amides is 1. The van der Waals surface area contributed by atoms with E-state index in [9.17, 15) is 53.4 Å². The summed E-state index contributed by atoms with van der Waals surface area (Å²) < 4.78 is 0. The maximum Gasteiger partial charge on any atom is 0.326 e. The third-order valence-electron chi connectivity index (χ3n) is 7.94. The van der Waals surface area contributed by atoms with Crippen molar-refractivity contribution in [2.75, 3.05) is 6.54 Å². The van der Waals surface area contributed by atoms with Crippen LogP contribution in [0.2, 0.25) is 0 Å². The normalized spacial score (nSPS) is 14.4. The summed E-state index contributed by atoms with van der Waals surface area (Å²) in [4.78, 5) is 116. The van der Waals surface area contributed by atoms with Gasteiger partial charge in [-0.2, -0.15) is 0 Å². The van der Waals surface area contributed by atoms with Crippen LogP contribution in [0.25, 0.3) is 0 Å². The van der Waals surface area contributed by atoms with Crippen LogP contribution in [-0.2, 0) is 49.6 Å². The largest absolute Gasteiger partial charge is 0.481 e. The Morgan fingerprint density at radius 3 is 1.71 bits per heavy atom. The van der Waals surface area contributed by atoms with E-state index in [1.807, 2.05) is 0 Å². The summed E-state index contributed by atoms with van der Waals surface area (Å²) in [6.45, 7) is 3.49. The molecule has 1 aromatic carbocycles. The van der Waals surface area contributed by atoms with Gasteiger partial charge in [0.25, 0.3) is 0 Å². The van der Waals surface area contributed by atoms with Crippen LogP contribution in [0, 0.1) is 0 Å². The van der Waals surface area contributed by atoms with E-state index in [-0.39, 0.29) is 38.2 Å². The van der Waals surface area contributed by atoms with E-state index in [0.29, 0.717) is 5.56 Å². The second-order valence-electron chi connectivity index (χ2n) is 12.8.